The maximum atomic E-state index is 13.0. The molecule has 3 aromatic heterocycles. The summed E-state index contributed by atoms with van der Waals surface area (Å²) in [6, 6.07) is 10.8. The number of benzene rings is 1. The summed E-state index contributed by atoms with van der Waals surface area (Å²) in [6.45, 7) is 7.34. The molecule has 1 aromatic carbocycles. The molecule has 0 spiro atoms. The highest BCUT2D eigenvalue weighted by molar-refractivity contribution is 7.10. The van der Waals surface area contributed by atoms with Crippen molar-refractivity contribution in [2.75, 3.05) is 17.2 Å². The van der Waals surface area contributed by atoms with E-state index in [-0.39, 0.29) is 24.9 Å². The first kappa shape index (κ1) is 25.0. The van der Waals surface area contributed by atoms with Gasteiger partial charge < -0.3 is 20.1 Å². The number of anilines is 3. The van der Waals surface area contributed by atoms with Gasteiger partial charge in [-0.2, -0.15) is 4.37 Å². The summed E-state index contributed by atoms with van der Waals surface area (Å²) >= 11 is 1.17. The first-order valence-electron chi connectivity index (χ1n) is 11.2. The first-order chi connectivity index (χ1) is 17.2. The molecule has 0 radical (unpaired) electrons. The minimum absolute atomic E-state index is 0.110. The van der Waals surface area contributed by atoms with Crippen molar-refractivity contribution < 1.29 is 19.1 Å². The Morgan fingerprint density at radius 2 is 1.81 bits per heavy atom. The van der Waals surface area contributed by atoms with Crippen molar-refractivity contribution in [3.8, 4) is 5.88 Å². The molecule has 0 atom stereocenters. The zero-order valence-corrected chi connectivity index (χ0v) is 21.2. The van der Waals surface area contributed by atoms with Crippen molar-refractivity contribution in [1.82, 2.24) is 19.3 Å². The average Bonchev–Trinajstić information content (AvgIpc) is 3.19. The lowest BCUT2D eigenvalue weighted by Crippen LogP contribution is -2.24. The van der Waals surface area contributed by atoms with Crippen LogP contribution in [-0.4, -0.2) is 43.4 Å². The molecular formula is C25H26N6O4S. The predicted octanol–water partition coefficient (Wildman–Crippen LogP) is 4.90. The summed E-state index contributed by atoms with van der Waals surface area (Å²) in [5.41, 5.74) is 2.47. The van der Waals surface area contributed by atoms with Crippen LogP contribution < -0.4 is 15.4 Å². The van der Waals surface area contributed by atoms with E-state index >= 15 is 0 Å². The van der Waals surface area contributed by atoms with Gasteiger partial charge in [0.2, 0.25) is 5.88 Å². The molecule has 0 saturated heterocycles. The number of pyridine rings is 1. The molecule has 10 nitrogen and oxygen atoms in total. The summed E-state index contributed by atoms with van der Waals surface area (Å²) in [4.78, 5) is 37.9. The molecular weight excluding hydrogens is 480 g/mol. The number of carbonyl (C=O) groups excluding carboxylic acids is 2. The largest absolute Gasteiger partial charge is 0.477 e. The third-order valence-electron chi connectivity index (χ3n) is 4.75. The first-order valence-corrected chi connectivity index (χ1v) is 12.0. The Morgan fingerprint density at radius 3 is 2.53 bits per heavy atom. The number of hydrogen-bond acceptors (Lipinski definition) is 10. The minimum atomic E-state index is -0.538. The minimum Gasteiger partial charge on any atom is -0.477 e. The average molecular weight is 507 g/mol. The van der Waals surface area contributed by atoms with Crippen LogP contribution in [0.5, 0.6) is 5.88 Å². The second kappa shape index (κ2) is 10.6. The number of nitrogens with one attached hydrogen (secondary N) is 2. The van der Waals surface area contributed by atoms with Gasteiger partial charge in [-0.25, -0.2) is 9.97 Å². The third-order valence-corrected chi connectivity index (χ3v) is 5.60. The number of aromatic nitrogens is 4. The van der Waals surface area contributed by atoms with Crippen LogP contribution in [0.25, 0.3) is 11.0 Å². The number of esters is 1. The number of ether oxygens (including phenoxy) is 2. The molecule has 0 aliphatic rings. The zero-order valence-electron chi connectivity index (χ0n) is 20.4. The Labute approximate surface area is 212 Å². The quantitative estimate of drug-likeness (QED) is 0.321. The van der Waals surface area contributed by atoms with Gasteiger partial charge in [0.25, 0.3) is 5.91 Å². The van der Waals surface area contributed by atoms with Crippen LogP contribution in [0.4, 0.5) is 16.5 Å². The molecule has 1 amide bonds. The van der Waals surface area contributed by atoms with E-state index < -0.39 is 5.60 Å². The fraction of sp³-hybridized carbons (Fsp3) is 0.280. The molecule has 11 heteroatoms. The summed E-state index contributed by atoms with van der Waals surface area (Å²) in [5, 5.41) is 6.54. The van der Waals surface area contributed by atoms with Crippen molar-refractivity contribution in [3.05, 3.63) is 60.0 Å². The smallest absolute Gasteiger partial charge is 0.309 e. The Kier molecular flexibility index (Phi) is 7.39. The van der Waals surface area contributed by atoms with Crippen molar-refractivity contribution >= 4 is 50.9 Å². The molecule has 0 aliphatic heterocycles. The fourth-order valence-corrected chi connectivity index (χ4v) is 4.02. The summed E-state index contributed by atoms with van der Waals surface area (Å²) in [6.07, 6.45) is 3.21. The highest BCUT2D eigenvalue weighted by Gasteiger charge is 2.20. The van der Waals surface area contributed by atoms with E-state index in [4.69, 9.17) is 9.47 Å². The number of rotatable bonds is 8. The molecule has 0 unspecified atom stereocenters. The molecule has 0 aliphatic carbocycles. The molecule has 0 saturated carbocycles. The second-order valence-electron chi connectivity index (χ2n) is 8.87. The lowest BCUT2D eigenvalue weighted by molar-refractivity contribution is -0.155. The van der Waals surface area contributed by atoms with Gasteiger partial charge in [-0.05, 0) is 57.4 Å². The van der Waals surface area contributed by atoms with Gasteiger partial charge in [-0.1, -0.05) is 12.1 Å². The monoisotopic (exact) mass is 506 g/mol. The van der Waals surface area contributed by atoms with E-state index in [1.165, 1.54) is 17.7 Å². The van der Waals surface area contributed by atoms with Crippen LogP contribution in [0, 0.1) is 6.92 Å². The third kappa shape index (κ3) is 6.51. The van der Waals surface area contributed by atoms with Crippen LogP contribution >= 0.6 is 11.5 Å². The van der Waals surface area contributed by atoms with Gasteiger partial charge in [0.1, 0.15) is 23.0 Å². The Balaban J connectivity index is 1.37. The molecule has 4 rings (SSSR count). The molecule has 186 valence electrons. The molecule has 3 heterocycles. The Hall–Kier alpha value is -4.12. The van der Waals surface area contributed by atoms with E-state index in [0.29, 0.717) is 33.6 Å². The van der Waals surface area contributed by atoms with Gasteiger partial charge >= 0.3 is 5.97 Å². The predicted molar refractivity (Wildman–Crippen MR) is 138 cm³/mol. The van der Waals surface area contributed by atoms with Crippen LogP contribution in [-0.2, 0) is 9.53 Å². The van der Waals surface area contributed by atoms with E-state index in [0.717, 1.165) is 11.0 Å². The van der Waals surface area contributed by atoms with Gasteiger partial charge in [0.05, 0.1) is 46.8 Å². The number of hydrogen-bond donors (Lipinski definition) is 2. The number of aryl methyl sites for hydroxylation is 1. The van der Waals surface area contributed by atoms with Gasteiger partial charge in [-0.3, -0.25) is 14.6 Å². The number of nitrogens with zero attached hydrogens (tertiary/aromatic N) is 4. The SMILES string of the molecule is Cc1nsc(Nc2cnc3ccccc3n2)c1C(=O)Nc1ccc(OCCC(=O)OC(C)(C)C)nc1. The van der Waals surface area contributed by atoms with Crippen molar-refractivity contribution in [2.24, 2.45) is 0 Å². The number of fused-ring (bicyclic) bond motifs is 1. The zero-order chi connectivity index (χ0) is 25.7. The number of carbonyl (C=O) groups is 2. The van der Waals surface area contributed by atoms with Crippen LogP contribution in [0.3, 0.4) is 0 Å². The van der Waals surface area contributed by atoms with E-state index in [1.54, 1.807) is 25.3 Å². The molecule has 2 N–H and O–H groups in total. The summed E-state index contributed by atoms with van der Waals surface area (Å²) in [7, 11) is 0. The van der Waals surface area contributed by atoms with Crippen molar-refractivity contribution in [2.45, 2.75) is 39.7 Å². The topological polar surface area (TPSA) is 128 Å². The number of para-hydroxylation sites is 2. The lowest BCUT2D eigenvalue weighted by atomic mass is 10.2. The lowest BCUT2D eigenvalue weighted by Gasteiger charge is -2.19. The molecule has 0 bridgehead atoms. The van der Waals surface area contributed by atoms with Gasteiger partial charge in [0.15, 0.2) is 0 Å². The fourth-order valence-electron chi connectivity index (χ4n) is 3.22. The van der Waals surface area contributed by atoms with E-state index in [1.807, 2.05) is 45.0 Å². The second-order valence-corrected chi connectivity index (χ2v) is 9.64. The molecule has 4 aromatic rings. The number of amides is 1. The normalized spacial score (nSPS) is 11.2. The van der Waals surface area contributed by atoms with Crippen LogP contribution in [0.2, 0.25) is 0 Å². The standard InChI is InChI=1S/C25H26N6O4S/c1-15-22(24(36-31-15)30-19-14-26-17-7-5-6-8-18(17)29-19)23(33)28-16-9-10-20(27-13-16)34-12-11-21(32)35-25(2,3)4/h5-10,13-14H,11-12H2,1-4H3,(H,28,33)(H,29,30). The summed E-state index contributed by atoms with van der Waals surface area (Å²) < 4.78 is 15.1. The maximum absolute atomic E-state index is 13.0. The van der Waals surface area contributed by atoms with E-state index in [2.05, 4.69) is 30.0 Å². The van der Waals surface area contributed by atoms with E-state index in [9.17, 15) is 9.59 Å². The summed E-state index contributed by atoms with van der Waals surface area (Å²) in [5.74, 6) is 0.172. The van der Waals surface area contributed by atoms with Crippen molar-refractivity contribution in [3.63, 3.8) is 0 Å². The Morgan fingerprint density at radius 1 is 1.03 bits per heavy atom. The molecule has 36 heavy (non-hydrogen) atoms. The molecule has 0 fully saturated rings. The highest BCUT2D eigenvalue weighted by Crippen LogP contribution is 2.28. The Bertz CT molecular complexity index is 1380. The van der Waals surface area contributed by atoms with Crippen LogP contribution in [0.15, 0.2) is 48.8 Å². The van der Waals surface area contributed by atoms with Gasteiger partial charge in [0, 0.05) is 6.07 Å². The highest BCUT2D eigenvalue weighted by atomic mass is 32.1. The van der Waals surface area contributed by atoms with Crippen molar-refractivity contribution in [1.29, 1.82) is 0 Å². The van der Waals surface area contributed by atoms with Gasteiger partial charge in [-0.15, -0.1) is 0 Å². The maximum Gasteiger partial charge on any atom is 0.309 e. The van der Waals surface area contributed by atoms with Crippen LogP contribution in [0.1, 0.15) is 43.2 Å².